The predicted octanol–water partition coefficient (Wildman–Crippen LogP) is 1.19. The summed E-state index contributed by atoms with van der Waals surface area (Å²) in [6.07, 6.45) is 5.47. The second-order valence-corrected chi connectivity index (χ2v) is 3.11. The molecule has 1 aliphatic heterocycles. The van der Waals surface area contributed by atoms with Crippen molar-refractivity contribution < 1.29 is 0 Å². The minimum Gasteiger partial charge on any atom is -0.394 e. The van der Waals surface area contributed by atoms with Crippen molar-refractivity contribution in [3.8, 4) is 0 Å². The molecule has 0 fully saturated rings. The largest absolute Gasteiger partial charge is 0.394 e. The predicted molar refractivity (Wildman–Crippen MR) is 53.8 cm³/mol. The van der Waals surface area contributed by atoms with Crippen LogP contribution in [0, 0.1) is 0 Å². The summed E-state index contributed by atoms with van der Waals surface area (Å²) in [6, 6.07) is 9.82. The molecular formula is C10H12N3+. The van der Waals surface area contributed by atoms with Gasteiger partial charge < -0.3 is 5.73 Å². The van der Waals surface area contributed by atoms with E-state index in [2.05, 4.69) is 0 Å². The molecule has 0 aliphatic carbocycles. The van der Waals surface area contributed by atoms with E-state index in [9.17, 15) is 0 Å². The second kappa shape index (κ2) is 2.73. The van der Waals surface area contributed by atoms with Crippen LogP contribution in [0.15, 0.2) is 54.5 Å². The van der Waals surface area contributed by atoms with E-state index in [0.29, 0.717) is 5.70 Å². The van der Waals surface area contributed by atoms with Crippen LogP contribution in [0.2, 0.25) is 0 Å². The molecule has 3 heteroatoms. The summed E-state index contributed by atoms with van der Waals surface area (Å²) >= 11 is 0. The number of nitrogens with two attached hydrogens (primary N) is 2. The van der Waals surface area contributed by atoms with Gasteiger partial charge in [-0.3, -0.25) is 0 Å². The van der Waals surface area contributed by atoms with Gasteiger partial charge in [-0.15, -0.1) is 0 Å². The molecule has 0 saturated carbocycles. The summed E-state index contributed by atoms with van der Waals surface area (Å²) in [5.74, 6) is 6.07. The van der Waals surface area contributed by atoms with Crippen LogP contribution in [0.5, 0.6) is 0 Å². The van der Waals surface area contributed by atoms with Crippen LogP contribution in [0.1, 0.15) is 0 Å². The third kappa shape index (κ3) is 1.35. The Balaban J connectivity index is 2.43. The van der Waals surface area contributed by atoms with Crippen molar-refractivity contribution in [2.24, 2.45) is 11.6 Å². The van der Waals surface area contributed by atoms with Crippen molar-refractivity contribution in [3.63, 3.8) is 0 Å². The molecule has 0 aromatic heterocycles. The third-order valence-electron chi connectivity index (χ3n) is 2.08. The van der Waals surface area contributed by atoms with Crippen LogP contribution in [0.4, 0.5) is 5.69 Å². The quantitative estimate of drug-likeness (QED) is 0.496. The van der Waals surface area contributed by atoms with E-state index in [1.807, 2.05) is 42.6 Å². The third-order valence-corrected chi connectivity index (χ3v) is 2.08. The Kier molecular flexibility index (Phi) is 1.69. The van der Waals surface area contributed by atoms with Crippen molar-refractivity contribution in [2.45, 2.75) is 0 Å². The maximum absolute atomic E-state index is 6.07. The first-order valence-corrected chi connectivity index (χ1v) is 4.11. The lowest BCUT2D eigenvalue weighted by Gasteiger charge is -2.20. The second-order valence-electron chi connectivity index (χ2n) is 3.11. The smallest absolute Gasteiger partial charge is 0.161 e. The zero-order chi connectivity index (χ0) is 9.31. The number of hydrogen-bond donors (Lipinski definition) is 2. The monoisotopic (exact) mass is 174 g/mol. The fourth-order valence-corrected chi connectivity index (χ4v) is 1.39. The van der Waals surface area contributed by atoms with Gasteiger partial charge in [-0.2, -0.15) is 10.4 Å². The Hall–Kier alpha value is -1.58. The van der Waals surface area contributed by atoms with Crippen LogP contribution in [0.25, 0.3) is 0 Å². The summed E-state index contributed by atoms with van der Waals surface area (Å²) < 4.78 is 0.159. The van der Waals surface area contributed by atoms with Crippen molar-refractivity contribution >= 4 is 5.69 Å². The topological polar surface area (TPSA) is 52.0 Å². The average Bonchev–Trinajstić information content (AvgIpc) is 2.49. The molecule has 1 atom stereocenters. The maximum Gasteiger partial charge on any atom is 0.161 e. The highest BCUT2D eigenvalue weighted by atomic mass is 15.6. The number of quaternary nitrogens is 1. The first kappa shape index (κ1) is 8.04. The fourth-order valence-electron chi connectivity index (χ4n) is 1.39. The molecule has 1 heterocycles. The molecule has 4 N–H and O–H groups in total. The van der Waals surface area contributed by atoms with Gasteiger partial charge in [-0.05, 0) is 0 Å². The molecule has 1 aromatic rings. The number of allylic oxidation sites excluding steroid dienone is 1. The molecule has 0 amide bonds. The van der Waals surface area contributed by atoms with Crippen LogP contribution < -0.4 is 16.2 Å². The van der Waals surface area contributed by atoms with E-state index in [1.165, 1.54) is 0 Å². The molecule has 1 aliphatic rings. The summed E-state index contributed by atoms with van der Waals surface area (Å²) in [5.41, 5.74) is 7.33. The van der Waals surface area contributed by atoms with Gasteiger partial charge in [0, 0.05) is 18.2 Å². The lowest BCUT2D eigenvalue weighted by molar-refractivity contribution is 0.526. The molecule has 0 spiro atoms. The Morgan fingerprint density at radius 3 is 2.31 bits per heavy atom. The Labute approximate surface area is 77.1 Å². The first-order valence-electron chi connectivity index (χ1n) is 4.11. The van der Waals surface area contributed by atoms with Crippen molar-refractivity contribution in [3.05, 3.63) is 54.5 Å². The molecule has 3 nitrogen and oxygen atoms in total. The molecule has 13 heavy (non-hydrogen) atoms. The minimum atomic E-state index is 0.159. The zero-order valence-corrected chi connectivity index (χ0v) is 7.22. The van der Waals surface area contributed by atoms with E-state index in [1.54, 1.807) is 6.20 Å². The van der Waals surface area contributed by atoms with Crippen molar-refractivity contribution in [1.82, 2.24) is 4.59 Å². The van der Waals surface area contributed by atoms with Gasteiger partial charge in [-0.1, -0.05) is 18.2 Å². The van der Waals surface area contributed by atoms with E-state index in [4.69, 9.17) is 11.6 Å². The Bertz CT molecular complexity index is 367. The van der Waals surface area contributed by atoms with E-state index >= 15 is 0 Å². The number of hydrogen-bond acceptors (Lipinski definition) is 2. The van der Waals surface area contributed by atoms with E-state index < -0.39 is 0 Å². The van der Waals surface area contributed by atoms with E-state index in [-0.39, 0.29) is 4.59 Å². The van der Waals surface area contributed by atoms with Gasteiger partial charge in [0.05, 0.1) is 5.70 Å². The molecular weight excluding hydrogens is 162 g/mol. The molecule has 0 saturated heterocycles. The van der Waals surface area contributed by atoms with Gasteiger partial charge >= 0.3 is 0 Å². The Morgan fingerprint density at radius 1 is 1.08 bits per heavy atom. The molecule has 0 bridgehead atoms. The number of benzene rings is 1. The molecule has 0 radical (unpaired) electrons. The van der Waals surface area contributed by atoms with Crippen LogP contribution in [0.3, 0.4) is 0 Å². The van der Waals surface area contributed by atoms with Crippen LogP contribution in [-0.2, 0) is 0 Å². The number of para-hydroxylation sites is 1. The normalized spacial score (nSPS) is 26.1. The van der Waals surface area contributed by atoms with Crippen LogP contribution >= 0.6 is 0 Å². The van der Waals surface area contributed by atoms with Gasteiger partial charge in [0.2, 0.25) is 0 Å². The number of nitrogens with zero attached hydrogens (tertiary/aromatic N) is 1. The average molecular weight is 174 g/mol. The molecule has 2 rings (SSSR count). The minimum absolute atomic E-state index is 0.159. The highest BCUT2D eigenvalue weighted by molar-refractivity contribution is 5.50. The van der Waals surface area contributed by atoms with E-state index in [0.717, 1.165) is 5.69 Å². The lowest BCUT2D eigenvalue weighted by atomic mass is 10.3. The summed E-state index contributed by atoms with van der Waals surface area (Å²) in [4.78, 5) is 0. The van der Waals surface area contributed by atoms with Gasteiger partial charge in [-0.25, -0.2) is 0 Å². The summed E-state index contributed by atoms with van der Waals surface area (Å²) in [5, 5.41) is 0. The van der Waals surface area contributed by atoms with Gasteiger partial charge in [0.25, 0.3) is 0 Å². The SMILES string of the molecule is NC1=C[N+](N)(c2ccccc2)C=C1. The summed E-state index contributed by atoms with van der Waals surface area (Å²) in [6.45, 7) is 0. The van der Waals surface area contributed by atoms with Crippen LogP contribution in [-0.4, -0.2) is 0 Å². The first-order chi connectivity index (χ1) is 6.21. The lowest BCUT2D eigenvalue weighted by Crippen LogP contribution is -2.44. The Morgan fingerprint density at radius 2 is 1.77 bits per heavy atom. The fraction of sp³-hybridized carbons (Fsp3) is 0. The standard InChI is InChI=1S/C10H12N3/c11-9-6-7-13(12,8-9)10-4-2-1-3-5-10/h1-8H,11-12H2/q+1. The molecule has 1 aromatic carbocycles. The zero-order valence-electron chi connectivity index (χ0n) is 7.22. The van der Waals surface area contributed by atoms with Gasteiger partial charge in [0.1, 0.15) is 12.4 Å². The number of rotatable bonds is 1. The molecule has 1 unspecified atom stereocenters. The van der Waals surface area contributed by atoms with Crippen molar-refractivity contribution in [1.29, 1.82) is 0 Å². The summed E-state index contributed by atoms with van der Waals surface area (Å²) in [7, 11) is 0. The highest BCUT2D eigenvalue weighted by Gasteiger charge is 2.25. The van der Waals surface area contributed by atoms with Crippen molar-refractivity contribution in [2.75, 3.05) is 0 Å². The maximum atomic E-state index is 6.07. The molecule has 66 valence electrons. The van der Waals surface area contributed by atoms with Gasteiger partial charge in [0.15, 0.2) is 5.69 Å². The highest BCUT2D eigenvalue weighted by Crippen LogP contribution is 2.23.